The van der Waals surface area contributed by atoms with Gasteiger partial charge in [0.15, 0.2) is 0 Å². The highest BCUT2D eigenvalue weighted by Crippen LogP contribution is 2.24. The lowest BCUT2D eigenvalue weighted by Gasteiger charge is -2.10. The molecule has 0 aromatic heterocycles. The Morgan fingerprint density at radius 1 is 1.12 bits per heavy atom. The van der Waals surface area contributed by atoms with Gasteiger partial charge in [-0.2, -0.15) is 0 Å². The lowest BCUT2D eigenvalue weighted by atomic mass is 10.1. The molecule has 1 amide bonds. The van der Waals surface area contributed by atoms with Crippen LogP contribution in [0.15, 0.2) is 42.5 Å². The maximum Gasteiger partial charge on any atom is 0.573 e. The Kier molecular flexibility index (Phi) is 5.33. The molecule has 0 aliphatic carbocycles. The van der Waals surface area contributed by atoms with E-state index in [-0.39, 0.29) is 18.1 Å². The molecule has 24 heavy (non-hydrogen) atoms. The molecule has 2 aromatic rings. The van der Waals surface area contributed by atoms with Crippen molar-refractivity contribution in [3.63, 3.8) is 0 Å². The molecular formula is C17H16F3NO3. The standard InChI is InChI=1S/C17H16F3NO3/c1-11-9-12(3-8-15(11)23-2)10-16(22)21-13-4-6-14(7-5-13)24-17(18,19)20/h3-9H,10H2,1-2H3,(H,21,22). The molecule has 2 aromatic carbocycles. The molecule has 0 saturated heterocycles. The molecule has 0 heterocycles. The van der Waals surface area contributed by atoms with E-state index in [2.05, 4.69) is 10.1 Å². The quantitative estimate of drug-likeness (QED) is 0.893. The molecule has 0 radical (unpaired) electrons. The molecule has 128 valence electrons. The normalized spacial score (nSPS) is 11.0. The van der Waals surface area contributed by atoms with Crippen LogP contribution in [0.5, 0.6) is 11.5 Å². The summed E-state index contributed by atoms with van der Waals surface area (Å²) in [4.78, 5) is 12.0. The first-order valence-corrected chi connectivity index (χ1v) is 7.06. The fourth-order valence-corrected chi connectivity index (χ4v) is 2.18. The van der Waals surface area contributed by atoms with Crippen LogP contribution in [0, 0.1) is 6.92 Å². The zero-order valence-electron chi connectivity index (χ0n) is 13.1. The minimum atomic E-state index is -4.74. The summed E-state index contributed by atoms with van der Waals surface area (Å²) in [5.41, 5.74) is 2.11. The first-order chi connectivity index (χ1) is 11.3. The molecule has 0 unspecified atom stereocenters. The molecule has 0 fully saturated rings. The van der Waals surface area contributed by atoms with Gasteiger partial charge in [-0.1, -0.05) is 12.1 Å². The summed E-state index contributed by atoms with van der Waals surface area (Å²) in [7, 11) is 1.57. The average molecular weight is 339 g/mol. The molecule has 0 saturated carbocycles. The predicted molar refractivity (Wildman–Crippen MR) is 83.2 cm³/mol. The second-order valence-electron chi connectivity index (χ2n) is 5.10. The average Bonchev–Trinajstić information content (AvgIpc) is 2.48. The van der Waals surface area contributed by atoms with Gasteiger partial charge in [0.05, 0.1) is 13.5 Å². The van der Waals surface area contributed by atoms with Crippen LogP contribution in [0.4, 0.5) is 18.9 Å². The molecular weight excluding hydrogens is 323 g/mol. The van der Waals surface area contributed by atoms with Crippen LogP contribution in [-0.2, 0) is 11.2 Å². The van der Waals surface area contributed by atoms with Crippen LogP contribution in [0.1, 0.15) is 11.1 Å². The van der Waals surface area contributed by atoms with Gasteiger partial charge in [-0.15, -0.1) is 13.2 Å². The van der Waals surface area contributed by atoms with E-state index >= 15 is 0 Å². The number of carbonyl (C=O) groups excluding carboxylic acids is 1. The van der Waals surface area contributed by atoms with Gasteiger partial charge in [0, 0.05) is 5.69 Å². The van der Waals surface area contributed by atoms with Crippen LogP contribution in [0.2, 0.25) is 0 Å². The van der Waals surface area contributed by atoms with E-state index < -0.39 is 6.36 Å². The van der Waals surface area contributed by atoms with Crippen molar-refractivity contribution in [2.24, 2.45) is 0 Å². The third-order valence-electron chi connectivity index (χ3n) is 3.20. The number of nitrogens with one attached hydrogen (secondary N) is 1. The summed E-state index contributed by atoms with van der Waals surface area (Å²) in [6, 6.07) is 10.4. The van der Waals surface area contributed by atoms with Crippen LogP contribution in [0.3, 0.4) is 0 Å². The van der Waals surface area contributed by atoms with Crippen molar-refractivity contribution in [3.8, 4) is 11.5 Å². The van der Waals surface area contributed by atoms with E-state index in [1.54, 1.807) is 19.2 Å². The monoisotopic (exact) mass is 339 g/mol. The number of carbonyl (C=O) groups is 1. The fourth-order valence-electron chi connectivity index (χ4n) is 2.18. The van der Waals surface area contributed by atoms with Crippen molar-refractivity contribution in [3.05, 3.63) is 53.6 Å². The van der Waals surface area contributed by atoms with Crippen molar-refractivity contribution < 1.29 is 27.4 Å². The predicted octanol–water partition coefficient (Wildman–Crippen LogP) is 4.08. The number of amides is 1. The first kappa shape index (κ1) is 17.7. The van der Waals surface area contributed by atoms with E-state index in [0.717, 1.165) is 29.0 Å². The number of alkyl halides is 3. The number of benzene rings is 2. The minimum Gasteiger partial charge on any atom is -0.496 e. The molecule has 0 atom stereocenters. The Labute approximate surface area is 137 Å². The Balaban J connectivity index is 1.96. The lowest BCUT2D eigenvalue weighted by Crippen LogP contribution is -2.17. The molecule has 7 heteroatoms. The van der Waals surface area contributed by atoms with Gasteiger partial charge < -0.3 is 14.8 Å². The molecule has 0 aliphatic heterocycles. The third-order valence-corrected chi connectivity index (χ3v) is 3.20. The van der Waals surface area contributed by atoms with Gasteiger partial charge in [0.1, 0.15) is 11.5 Å². The van der Waals surface area contributed by atoms with Crippen molar-refractivity contribution in [1.82, 2.24) is 0 Å². The molecule has 0 bridgehead atoms. The van der Waals surface area contributed by atoms with Crippen molar-refractivity contribution in [2.45, 2.75) is 19.7 Å². The van der Waals surface area contributed by atoms with Crippen LogP contribution < -0.4 is 14.8 Å². The number of rotatable bonds is 5. The van der Waals surface area contributed by atoms with E-state index in [9.17, 15) is 18.0 Å². The van der Waals surface area contributed by atoms with Crippen LogP contribution in [-0.4, -0.2) is 19.4 Å². The number of aryl methyl sites for hydroxylation is 1. The Bertz CT molecular complexity index is 712. The zero-order valence-corrected chi connectivity index (χ0v) is 13.1. The van der Waals surface area contributed by atoms with Crippen molar-refractivity contribution in [1.29, 1.82) is 0 Å². The van der Waals surface area contributed by atoms with Gasteiger partial charge in [0.2, 0.25) is 5.91 Å². The summed E-state index contributed by atoms with van der Waals surface area (Å²) < 4.78 is 45.2. The molecule has 1 N–H and O–H groups in total. The Morgan fingerprint density at radius 3 is 2.33 bits per heavy atom. The summed E-state index contributed by atoms with van der Waals surface area (Å²) in [6.07, 6.45) is -4.59. The first-order valence-electron chi connectivity index (χ1n) is 7.06. The van der Waals surface area contributed by atoms with E-state index in [4.69, 9.17) is 4.74 Å². The second kappa shape index (κ2) is 7.25. The maximum atomic E-state index is 12.1. The topological polar surface area (TPSA) is 47.6 Å². The highest BCUT2D eigenvalue weighted by Gasteiger charge is 2.30. The number of ether oxygens (including phenoxy) is 2. The molecule has 4 nitrogen and oxygen atoms in total. The fraction of sp³-hybridized carbons (Fsp3) is 0.235. The molecule has 0 spiro atoms. The van der Waals surface area contributed by atoms with E-state index in [1.807, 2.05) is 13.0 Å². The van der Waals surface area contributed by atoms with Gasteiger partial charge in [-0.05, 0) is 48.4 Å². The SMILES string of the molecule is COc1ccc(CC(=O)Nc2ccc(OC(F)(F)F)cc2)cc1C. The number of anilines is 1. The maximum absolute atomic E-state index is 12.1. The van der Waals surface area contributed by atoms with Gasteiger partial charge in [0.25, 0.3) is 0 Å². The Morgan fingerprint density at radius 2 is 1.79 bits per heavy atom. The third kappa shape index (κ3) is 5.19. The second-order valence-corrected chi connectivity index (χ2v) is 5.10. The number of methoxy groups -OCH3 is 1. The number of halogens is 3. The van der Waals surface area contributed by atoms with E-state index in [1.165, 1.54) is 12.1 Å². The smallest absolute Gasteiger partial charge is 0.496 e. The minimum absolute atomic E-state index is 0.144. The Hall–Kier alpha value is -2.70. The van der Waals surface area contributed by atoms with Crippen molar-refractivity contribution >= 4 is 11.6 Å². The van der Waals surface area contributed by atoms with Crippen LogP contribution >= 0.6 is 0 Å². The van der Waals surface area contributed by atoms with Gasteiger partial charge in [-0.25, -0.2) is 0 Å². The van der Waals surface area contributed by atoms with Crippen LogP contribution in [0.25, 0.3) is 0 Å². The van der Waals surface area contributed by atoms with Gasteiger partial charge in [-0.3, -0.25) is 4.79 Å². The summed E-state index contributed by atoms with van der Waals surface area (Å²) in [5.74, 6) is 0.120. The number of hydrogen-bond acceptors (Lipinski definition) is 3. The largest absolute Gasteiger partial charge is 0.573 e. The zero-order chi connectivity index (χ0) is 17.7. The lowest BCUT2D eigenvalue weighted by molar-refractivity contribution is -0.274. The van der Waals surface area contributed by atoms with Crippen molar-refractivity contribution in [2.75, 3.05) is 12.4 Å². The summed E-state index contributed by atoms with van der Waals surface area (Å²) in [6.45, 7) is 1.87. The highest BCUT2D eigenvalue weighted by atomic mass is 19.4. The van der Waals surface area contributed by atoms with Gasteiger partial charge >= 0.3 is 6.36 Å². The van der Waals surface area contributed by atoms with E-state index in [0.29, 0.717) is 5.69 Å². The summed E-state index contributed by atoms with van der Waals surface area (Å²) in [5, 5.41) is 2.62. The molecule has 0 aliphatic rings. The summed E-state index contributed by atoms with van der Waals surface area (Å²) >= 11 is 0. The molecule has 2 rings (SSSR count). The highest BCUT2D eigenvalue weighted by molar-refractivity contribution is 5.92. The number of hydrogen-bond donors (Lipinski definition) is 1.